The molecular formula is C30H24BrCl2NO. The maximum Gasteiger partial charge on any atom is 0.188 e. The average Bonchev–Trinajstić information content (AvgIpc) is 2.83. The van der Waals surface area contributed by atoms with Gasteiger partial charge in [-0.2, -0.15) is 0 Å². The number of Topliss-reactive ketones (excluding diaryl/α,β-unsaturated/α-hetero) is 1. The van der Waals surface area contributed by atoms with Gasteiger partial charge in [-0.05, 0) is 77.1 Å². The van der Waals surface area contributed by atoms with E-state index >= 15 is 0 Å². The molecule has 0 amide bonds. The lowest BCUT2D eigenvalue weighted by molar-refractivity contribution is -0.113. The second-order valence-electron chi connectivity index (χ2n) is 9.63. The Kier molecular flexibility index (Phi) is 6.52. The minimum atomic E-state index is -0.338. The number of carbonyl (C=O) groups is 1. The third-order valence-corrected chi connectivity index (χ3v) is 7.69. The van der Waals surface area contributed by atoms with Crippen molar-refractivity contribution in [3.8, 4) is 0 Å². The quantitative estimate of drug-likeness (QED) is 0.322. The van der Waals surface area contributed by atoms with E-state index in [4.69, 9.17) is 23.2 Å². The molecule has 35 heavy (non-hydrogen) atoms. The summed E-state index contributed by atoms with van der Waals surface area (Å²) in [7, 11) is 0. The Morgan fingerprint density at radius 3 is 2.14 bits per heavy atom. The van der Waals surface area contributed by atoms with Crippen molar-refractivity contribution in [3.63, 3.8) is 0 Å². The Morgan fingerprint density at radius 1 is 0.914 bits per heavy atom. The molecule has 3 aromatic rings. The van der Waals surface area contributed by atoms with E-state index in [0.717, 1.165) is 50.1 Å². The first-order valence-electron chi connectivity index (χ1n) is 11.5. The van der Waals surface area contributed by atoms with Gasteiger partial charge in [0.2, 0.25) is 0 Å². The van der Waals surface area contributed by atoms with Gasteiger partial charge in [0.1, 0.15) is 0 Å². The van der Waals surface area contributed by atoms with Gasteiger partial charge in [0, 0.05) is 43.0 Å². The molecule has 0 saturated heterocycles. The second-order valence-corrected chi connectivity index (χ2v) is 11.4. The molecule has 3 aromatic carbocycles. The maximum absolute atomic E-state index is 14.1. The Morgan fingerprint density at radius 2 is 1.51 bits per heavy atom. The molecule has 0 radical (unpaired) electrons. The van der Waals surface area contributed by atoms with Crippen molar-refractivity contribution in [1.82, 2.24) is 5.32 Å². The van der Waals surface area contributed by atoms with Crippen molar-refractivity contribution in [1.29, 1.82) is 0 Å². The molecule has 5 heteroatoms. The normalized spacial score (nSPS) is 20.4. The summed E-state index contributed by atoms with van der Waals surface area (Å²) in [5.41, 5.74) is 6.33. The smallest absolute Gasteiger partial charge is 0.188 e. The summed E-state index contributed by atoms with van der Waals surface area (Å²) in [4.78, 5) is 14.1. The number of hydrogen-bond acceptors (Lipinski definition) is 2. The molecule has 2 nitrogen and oxygen atoms in total. The highest BCUT2D eigenvalue weighted by atomic mass is 79.9. The Balaban J connectivity index is 1.63. The van der Waals surface area contributed by atoms with E-state index in [0.29, 0.717) is 10.0 Å². The summed E-state index contributed by atoms with van der Waals surface area (Å²) in [6, 6.07) is 23.6. The molecule has 0 saturated carbocycles. The van der Waals surface area contributed by atoms with E-state index in [1.54, 1.807) is 0 Å². The zero-order valence-corrected chi connectivity index (χ0v) is 22.5. The molecule has 5 rings (SSSR count). The van der Waals surface area contributed by atoms with E-state index in [1.165, 1.54) is 0 Å². The van der Waals surface area contributed by atoms with Crippen molar-refractivity contribution in [2.45, 2.75) is 26.2 Å². The van der Waals surface area contributed by atoms with E-state index in [-0.39, 0.29) is 17.1 Å². The molecule has 1 aliphatic heterocycles. The first-order valence-corrected chi connectivity index (χ1v) is 13.0. The van der Waals surface area contributed by atoms with Crippen LogP contribution in [-0.2, 0) is 4.79 Å². The molecule has 2 aliphatic rings. The molecule has 0 aromatic heterocycles. The van der Waals surface area contributed by atoms with Crippen LogP contribution in [0, 0.1) is 5.41 Å². The van der Waals surface area contributed by atoms with Crippen LogP contribution in [-0.4, -0.2) is 5.78 Å². The number of dihydropyridines is 1. The van der Waals surface area contributed by atoms with Crippen molar-refractivity contribution in [3.05, 3.63) is 127 Å². The fraction of sp³-hybridized carbons (Fsp3) is 0.167. The van der Waals surface area contributed by atoms with Gasteiger partial charge in [0.25, 0.3) is 0 Å². The average molecular weight is 565 g/mol. The zero-order valence-electron chi connectivity index (χ0n) is 19.4. The number of allylic oxidation sites excluding steroid dienone is 4. The number of nitrogens with one attached hydrogen (secondary N) is 1. The number of ketones is 1. The third-order valence-electron chi connectivity index (χ3n) is 6.66. The van der Waals surface area contributed by atoms with Crippen molar-refractivity contribution in [2.24, 2.45) is 5.41 Å². The lowest BCUT2D eigenvalue weighted by Crippen LogP contribution is -2.37. The number of rotatable bonds is 3. The molecule has 0 spiro atoms. The molecule has 1 atom stereocenters. The first kappa shape index (κ1) is 24.1. The molecular weight excluding hydrogens is 541 g/mol. The number of hydrogen-bond donors (Lipinski definition) is 1. The monoisotopic (exact) mass is 563 g/mol. The summed E-state index contributed by atoms with van der Waals surface area (Å²) in [6.07, 6.45) is 4.90. The SMILES string of the molecule is CC1(C)CC2=C(C(=O)/C1=C\c1ccc(Cl)cc1)C(c1ccc(Br)cc1)C=C(c1ccc(Cl)cc1)N2. The predicted octanol–water partition coefficient (Wildman–Crippen LogP) is 8.82. The van der Waals surface area contributed by atoms with Crippen LogP contribution in [0.2, 0.25) is 10.0 Å². The van der Waals surface area contributed by atoms with Gasteiger partial charge in [-0.3, -0.25) is 4.79 Å². The fourth-order valence-corrected chi connectivity index (χ4v) is 5.35. The molecule has 1 N–H and O–H groups in total. The van der Waals surface area contributed by atoms with Gasteiger partial charge in [0.15, 0.2) is 5.78 Å². The van der Waals surface area contributed by atoms with Gasteiger partial charge in [-0.1, -0.05) is 89.4 Å². The van der Waals surface area contributed by atoms with Gasteiger partial charge >= 0.3 is 0 Å². The molecule has 1 aliphatic carbocycles. The minimum absolute atomic E-state index is 0.0815. The van der Waals surface area contributed by atoms with Crippen molar-refractivity contribution in [2.75, 3.05) is 0 Å². The van der Waals surface area contributed by atoms with Crippen LogP contribution < -0.4 is 5.32 Å². The topological polar surface area (TPSA) is 29.1 Å². The van der Waals surface area contributed by atoms with Crippen LogP contribution >= 0.6 is 39.1 Å². The summed E-state index contributed by atoms with van der Waals surface area (Å²) in [5, 5.41) is 4.98. The van der Waals surface area contributed by atoms with Crippen molar-refractivity contribution < 1.29 is 4.79 Å². The van der Waals surface area contributed by atoms with Crippen LogP contribution in [0.15, 0.2) is 100 Å². The lowest BCUT2D eigenvalue weighted by Gasteiger charge is -2.40. The largest absolute Gasteiger partial charge is 0.358 e. The maximum atomic E-state index is 14.1. The number of benzene rings is 3. The molecule has 1 heterocycles. The van der Waals surface area contributed by atoms with Crippen LogP contribution in [0.25, 0.3) is 11.8 Å². The van der Waals surface area contributed by atoms with Gasteiger partial charge < -0.3 is 5.32 Å². The number of carbonyl (C=O) groups excluding carboxylic acids is 1. The number of halogens is 3. The van der Waals surface area contributed by atoms with Gasteiger partial charge in [-0.15, -0.1) is 0 Å². The minimum Gasteiger partial charge on any atom is -0.358 e. The third kappa shape index (κ3) is 4.91. The van der Waals surface area contributed by atoms with E-state index in [9.17, 15) is 4.79 Å². The summed E-state index contributed by atoms with van der Waals surface area (Å²) in [6.45, 7) is 4.26. The molecule has 176 valence electrons. The van der Waals surface area contributed by atoms with Gasteiger partial charge in [-0.25, -0.2) is 0 Å². The Hall–Kier alpha value is -2.59. The summed E-state index contributed by atoms with van der Waals surface area (Å²) >= 11 is 15.8. The lowest BCUT2D eigenvalue weighted by atomic mass is 9.67. The highest BCUT2D eigenvalue weighted by molar-refractivity contribution is 9.10. The summed E-state index contributed by atoms with van der Waals surface area (Å²) in [5.74, 6) is -0.0831. The Labute approximate surface area is 224 Å². The molecule has 1 unspecified atom stereocenters. The van der Waals surface area contributed by atoms with Gasteiger partial charge in [0.05, 0.1) is 0 Å². The molecule has 0 fully saturated rings. The standard InChI is InChI=1S/C30H24BrCl2NO/c1-30(2)17-27-28(29(35)25(30)15-18-3-11-22(32)12-4-18)24(19-5-9-21(31)10-6-19)16-26(34-27)20-7-13-23(33)14-8-20/h3-16,24,34H,17H2,1-2H3/b25-15+. The van der Waals surface area contributed by atoms with Crippen molar-refractivity contribution >= 4 is 56.7 Å². The van der Waals surface area contributed by atoms with Crippen LogP contribution in [0.5, 0.6) is 0 Å². The highest BCUT2D eigenvalue weighted by Crippen LogP contribution is 2.48. The predicted molar refractivity (Wildman–Crippen MR) is 149 cm³/mol. The summed E-state index contributed by atoms with van der Waals surface area (Å²) < 4.78 is 1.01. The second kappa shape index (κ2) is 9.46. The fourth-order valence-electron chi connectivity index (χ4n) is 4.83. The van der Waals surface area contributed by atoms with E-state index in [2.05, 4.69) is 53.3 Å². The molecule has 0 bridgehead atoms. The van der Waals surface area contributed by atoms with Crippen LogP contribution in [0.3, 0.4) is 0 Å². The highest BCUT2D eigenvalue weighted by Gasteiger charge is 2.42. The van der Waals surface area contributed by atoms with E-state index < -0.39 is 0 Å². The van der Waals surface area contributed by atoms with Crippen LogP contribution in [0.4, 0.5) is 0 Å². The zero-order chi connectivity index (χ0) is 24.7. The van der Waals surface area contributed by atoms with Crippen LogP contribution in [0.1, 0.15) is 42.9 Å². The first-order chi connectivity index (χ1) is 16.7. The van der Waals surface area contributed by atoms with E-state index in [1.807, 2.05) is 66.7 Å². The Bertz CT molecular complexity index is 1380.